The summed E-state index contributed by atoms with van der Waals surface area (Å²) in [4.78, 5) is 0. The highest BCUT2D eigenvalue weighted by atomic mass is 32.2. The second-order valence-electron chi connectivity index (χ2n) is 7.66. The quantitative estimate of drug-likeness (QED) is 0.850. The van der Waals surface area contributed by atoms with Gasteiger partial charge in [-0.2, -0.15) is 5.10 Å². The first kappa shape index (κ1) is 16.0. The number of thioether (sulfide) groups is 1. The molecule has 1 unspecified atom stereocenters. The topological polar surface area (TPSA) is 29.9 Å². The van der Waals surface area contributed by atoms with Crippen LogP contribution in [0.2, 0.25) is 0 Å². The summed E-state index contributed by atoms with van der Waals surface area (Å²) in [6, 6.07) is 5.19. The number of halogens is 1. The van der Waals surface area contributed by atoms with Gasteiger partial charge in [0.15, 0.2) is 0 Å². The van der Waals surface area contributed by atoms with Gasteiger partial charge in [0.1, 0.15) is 11.6 Å². The number of benzene rings is 1. The summed E-state index contributed by atoms with van der Waals surface area (Å²) in [6.45, 7) is 7.45. The van der Waals surface area contributed by atoms with Crippen molar-refractivity contribution in [1.29, 1.82) is 0 Å². The van der Waals surface area contributed by atoms with Crippen LogP contribution < -0.4 is 5.32 Å². The Morgan fingerprint density at radius 1 is 1.33 bits per heavy atom. The summed E-state index contributed by atoms with van der Waals surface area (Å²) < 4.78 is 15.7. The standard InChI is InChI=1S/C19H24FN3S/c1-11-9-13(20)7-8-14(11)17-15-16(12-5-6-12)22-23(4)18(15)21-10-19(2,3)24-17/h7-9,12,17,21H,5-6,10H2,1-4H3. The number of aromatic nitrogens is 2. The van der Waals surface area contributed by atoms with E-state index in [4.69, 9.17) is 5.10 Å². The van der Waals surface area contributed by atoms with Crippen molar-refractivity contribution in [3.8, 4) is 0 Å². The summed E-state index contributed by atoms with van der Waals surface area (Å²) in [5.41, 5.74) is 4.76. The van der Waals surface area contributed by atoms with Gasteiger partial charge in [-0.25, -0.2) is 4.39 Å². The largest absolute Gasteiger partial charge is 0.369 e. The second kappa shape index (κ2) is 5.51. The smallest absolute Gasteiger partial charge is 0.128 e. The van der Waals surface area contributed by atoms with Gasteiger partial charge in [-0.15, -0.1) is 11.8 Å². The number of fused-ring (bicyclic) bond motifs is 1. The van der Waals surface area contributed by atoms with E-state index in [0.29, 0.717) is 5.92 Å². The zero-order chi connectivity index (χ0) is 17.1. The third kappa shape index (κ3) is 2.73. The zero-order valence-electron chi connectivity index (χ0n) is 14.7. The second-order valence-corrected chi connectivity index (χ2v) is 9.47. The van der Waals surface area contributed by atoms with Crippen LogP contribution in [0, 0.1) is 12.7 Å². The molecule has 1 fully saturated rings. The molecule has 1 aliphatic heterocycles. The van der Waals surface area contributed by atoms with Crippen molar-refractivity contribution < 1.29 is 4.39 Å². The van der Waals surface area contributed by atoms with Crippen LogP contribution in [0.3, 0.4) is 0 Å². The summed E-state index contributed by atoms with van der Waals surface area (Å²) in [6.07, 6.45) is 2.46. The molecule has 1 aliphatic carbocycles. The number of aryl methyl sites for hydroxylation is 2. The number of anilines is 1. The highest BCUT2D eigenvalue weighted by Gasteiger charge is 2.39. The molecule has 1 N–H and O–H groups in total. The number of rotatable bonds is 2. The Morgan fingerprint density at radius 3 is 2.75 bits per heavy atom. The van der Waals surface area contributed by atoms with Crippen molar-refractivity contribution in [2.75, 3.05) is 11.9 Å². The summed E-state index contributed by atoms with van der Waals surface area (Å²) in [5.74, 6) is 1.55. The van der Waals surface area contributed by atoms with Gasteiger partial charge in [0.25, 0.3) is 0 Å². The van der Waals surface area contributed by atoms with E-state index < -0.39 is 0 Å². The highest BCUT2D eigenvalue weighted by molar-refractivity contribution is 8.01. The number of hydrogen-bond acceptors (Lipinski definition) is 3. The molecule has 2 heterocycles. The van der Waals surface area contributed by atoms with Gasteiger partial charge in [0.2, 0.25) is 0 Å². The predicted molar refractivity (Wildman–Crippen MR) is 98.3 cm³/mol. The Kier molecular flexibility index (Phi) is 3.68. The maximum Gasteiger partial charge on any atom is 0.128 e. The van der Waals surface area contributed by atoms with E-state index in [1.54, 1.807) is 12.1 Å². The summed E-state index contributed by atoms with van der Waals surface area (Å²) >= 11 is 1.96. The molecular formula is C19H24FN3S. The lowest BCUT2D eigenvalue weighted by Crippen LogP contribution is -2.26. The number of nitrogens with zero attached hydrogens (tertiary/aromatic N) is 2. The fraction of sp³-hybridized carbons (Fsp3) is 0.526. The van der Waals surface area contributed by atoms with Crippen LogP contribution >= 0.6 is 11.8 Å². The molecule has 128 valence electrons. The van der Waals surface area contributed by atoms with Crippen LogP contribution in [0.4, 0.5) is 10.2 Å². The van der Waals surface area contributed by atoms with Crippen LogP contribution in [-0.2, 0) is 7.05 Å². The summed E-state index contributed by atoms with van der Waals surface area (Å²) in [5, 5.41) is 8.65. The molecule has 0 bridgehead atoms. The lowest BCUT2D eigenvalue weighted by molar-refractivity contribution is 0.625. The molecule has 2 aliphatic rings. The van der Waals surface area contributed by atoms with Crippen molar-refractivity contribution in [1.82, 2.24) is 9.78 Å². The molecule has 0 saturated heterocycles. The molecule has 3 nitrogen and oxygen atoms in total. The minimum Gasteiger partial charge on any atom is -0.369 e. The maximum atomic E-state index is 13.6. The average Bonchev–Trinajstić information content (AvgIpc) is 3.29. The van der Waals surface area contributed by atoms with Crippen LogP contribution in [0.15, 0.2) is 18.2 Å². The Balaban J connectivity index is 1.90. The van der Waals surface area contributed by atoms with Crippen molar-refractivity contribution in [2.24, 2.45) is 7.05 Å². The van der Waals surface area contributed by atoms with E-state index in [1.165, 1.54) is 29.7 Å². The maximum absolute atomic E-state index is 13.6. The van der Waals surface area contributed by atoms with Crippen molar-refractivity contribution in [3.05, 3.63) is 46.4 Å². The van der Waals surface area contributed by atoms with Crippen LogP contribution in [0.1, 0.15) is 60.2 Å². The van der Waals surface area contributed by atoms with Gasteiger partial charge in [0, 0.05) is 29.8 Å². The normalized spacial score (nSPS) is 22.6. The molecule has 0 amide bonds. The minimum absolute atomic E-state index is 0.0886. The van der Waals surface area contributed by atoms with Crippen LogP contribution in [0.25, 0.3) is 0 Å². The molecule has 0 spiro atoms. The zero-order valence-corrected chi connectivity index (χ0v) is 15.5. The Labute approximate surface area is 147 Å². The lowest BCUT2D eigenvalue weighted by atomic mass is 9.98. The minimum atomic E-state index is -0.166. The SMILES string of the molecule is Cc1cc(F)ccc1C1SC(C)(C)CNc2c1c(C1CC1)nn2C. The Bertz CT molecular complexity index is 792. The number of hydrogen-bond donors (Lipinski definition) is 1. The molecule has 1 aromatic carbocycles. The van der Waals surface area contributed by atoms with Crippen molar-refractivity contribution >= 4 is 17.6 Å². The molecule has 24 heavy (non-hydrogen) atoms. The van der Waals surface area contributed by atoms with E-state index in [-0.39, 0.29) is 15.8 Å². The Hall–Kier alpha value is -1.49. The van der Waals surface area contributed by atoms with Crippen molar-refractivity contribution in [2.45, 2.75) is 49.5 Å². The van der Waals surface area contributed by atoms with E-state index >= 15 is 0 Å². The van der Waals surface area contributed by atoms with E-state index in [1.807, 2.05) is 36.5 Å². The first-order valence-corrected chi connectivity index (χ1v) is 9.48. The first-order valence-electron chi connectivity index (χ1n) is 8.60. The molecule has 1 aromatic heterocycles. The molecular weight excluding hydrogens is 321 g/mol. The van der Waals surface area contributed by atoms with Gasteiger partial charge in [0.05, 0.1) is 10.9 Å². The van der Waals surface area contributed by atoms with Gasteiger partial charge in [-0.1, -0.05) is 6.07 Å². The van der Waals surface area contributed by atoms with Gasteiger partial charge in [-0.3, -0.25) is 4.68 Å². The predicted octanol–water partition coefficient (Wildman–Crippen LogP) is 4.77. The van der Waals surface area contributed by atoms with Gasteiger partial charge >= 0.3 is 0 Å². The molecule has 2 aromatic rings. The molecule has 0 radical (unpaired) electrons. The van der Waals surface area contributed by atoms with E-state index in [0.717, 1.165) is 17.9 Å². The monoisotopic (exact) mass is 345 g/mol. The van der Waals surface area contributed by atoms with E-state index in [2.05, 4.69) is 19.2 Å². The fourth-order valence-electron chi connectivity index (χ4n) is 3.56. The molecule has 1 atom stereocenters. The lowest BCUT2D eigenvalue weighted by Gasteiger charge is -2.27. The highest BCUT2D eigenvalue weighted by Crippen LogP contribution is 2.53. The third-order valence-electron chi connectivity index (χ3n) is 4.97. The van der Waals surface area contributed by atoms with E-state index in [9.17, 15) is 4.39 Å². The van der Waals surface area contributed by atoms with Crippen LogP contribution in [0.5, 0.6) is 0 Å². The average molecular weight is 345 g/mol. The first-order chi connectivity index (χ1) is 11.4. The van der Waals surface area contributed by atoms with Crippen molar-refractivity contribution in [3.63, 3.8) is 0 Å². The fourth-order valence-corrected chi connectivity index (χ4v) is 5.09. The summed E-state index contributed by atoms with van der Waals surface area (Å²) in [7, 11) is 2.02. The van der Waals surface area contributed by atoms with Gasteiger partial charge < -0.3 is 5.32 Å². The third-order valence-corrected chi connectivity index (χ3v) is 6.48. The van der Waals surface area contributed by atoms with Gasteiger partial charge in [-0.05, 0) is 56.9 Å². The Morgan fingerprint density at radius 2 is 2.08 bits per heavy atom. The van der Waals surface area contributed by atoms with Crippen LogP contribution in [-0.4, -0.2) is 21.1 Å². The molecule has 4 rings (SSSR count). The number of nitrogens with one attached hydrogen (secondary N) is 1. The molecule has 5 heteroatoms. The molecule has 1 saturated carbocycles.